The van der Waals surface area contributed by atoms with Gasteiger partial charge in [-0.15, -0.1) is 11.3 Å². The minimum atomic E-state index is -1.04. The summed E-state index contributed by atoms with van der Waals surface area (Å²) in [5.41, 5.74) is 0. The van der Waals surface area contributed by atoms with E-state index < -0.39 is 12.0 Å². The van der Waals surface area contributed by atoms with E-state index in [9.17, 15) is 9.90 Å². The van der Waals surface area contributed by atoms with Crippen LogP contribution in [0.5, 0.6) is 0 Å². The van der Waals surface area contributed by atoms with Gasteiger partial charge in [-0.25, -0.2) is 0 Å². The summed E-state index contributed by atoms with van der Waals surface area (Å²) in [6.07, 6.45) is 0.584. The Morgan fingerprint density at radius 3 is 2.67 bits per heavy atom. The predicted octanol–water partition coefficient (Wildman–Crippen LogP) is -1.67. The molecule has 1 aromatic heterocycles. The van der Waals surface area contributed by atoms with Gasteiger partial charge < -0.3 is 15.2 Å². The zero-order valence-corrected chi connectivity index (χ0v) is 12.1. The predicted molar refractivity (Wildman–Crippen MR) is 56.2 cm³/mol. The fourth-order valence-corrected chi connectivity index (χ4v) is 1.89. The first-order chi connectivity index (χ1) is 6.59. The summed E-state index contributed by atoms with van der Waals surface area (Å²) in [7, 11) is 0. The topological polar surface area (TPSA) is 52.2 Å². The third-order valence-electron chi connectivity index (χ3n) is 1.83. The van der Waals surface area contributed by atoms with Crippen LogP contribution in [0.1, 0.15) is 20.3 Å². The van der Waals surface area contributed by atoms with Crippen molar-refractivity contribution in [1.82, 2.24) is 0 Å². The summed E-state index contributed by atoms with van der Waals surface area (Å²) < 4.78 is 0. The second kappa shape index (κ2) is 7.28. The van der Waals surface area contributed by atoms with Crippen LogP contribution in [0.2, 0.25) is 0 Å². The van der Waals surface area contributed by atoms with E-state index in [1.54, 1.807) is 0 Å². The van der Waals surface area contributed by atoms with Crippen molar-refractivity contribution >= 4 is 22.3 Å². The molecule has 3 nitrogen and oxygen atoms in total. The Labute approximate surface area is 116 Å². The van der Waals surface area contributed by atoms with Gasteiger partial charge in [0.25, 0.3) is 0 Å². The van der Waals surface area contributed by atoms with Gasteiger partial charge >= 0.3 is 29.6 Å². The summed E-state index contributed by atoms with van der Waals surface area (Å²) in [6.45, 7) is 3.98. The summed E-state index contributed by atoms with van der Waals surface area (Å²) in [5.74, 6) is -0.697. The van der Waals surface area contributed by atoms with Gasteiger partial charge in [0, 0.05) is 0 Å². The molecule has 0 bridgehead atoms. The number of aliphatic carboxylic acids is 1. The number of carbonyl (C=O) groups is 1. The molecule has 0 aliphatic heterocycles. The number of hydrogen-bond donors (Lipinski definition) is 1. The molecule has 0 aromatic carbocycles. The molecule has 5 heteroatoms. The van der Waals surface area contributed by atoms with Crippen molar-refractivity contribution in [3.63, 3.8) is 0 Å². The Morgan fingerprint density at radius 1 is 1.60 bits per heavy atom. The normalized spacial score (nSPS) is 11.9. The van der Waals surface area contributed by atoms with Gasteiger partial charge in [-0.1, -0.05) is 13.8 Å². The Hall–Kier alpha value is -0.0300. The van der Waals surface area contributed by atoms with E-state index in [1.807, 2.05) is 31.4 Å². The molecule has 0 unspecified atom stereocenters. The van der Waals surface area contributed by atoms with Gasteiger partial charge in [0.05, 0.1) is 17.0 Å². The maximum absolute atomic E-state index is 10.8. The molecule has 0 aliphatic rings. The van der Waals surface area contributed by atoms with Gasteiger partial charge in [-0.3, -0.25) is 0 Å². The van der Waals surface area contributed by atoms with Crippen molar-refractivity contribution in [2.24, 2.45) is 5.92 Å². The zero-order valence-electron chi connectivity index (χ0n) is 9.32. The standard InChI is InChI=1S/C10H15NO2S.Na/c1-7(2)6-8(10(12)13)11-9-4-3-5-14-9;/h3-5,7-8,11H,6H2,1-2H3,(H,12,13);/q;+1/p-1/t8-;/m0./s1. The molecule has 1 heterocycles. The van der Waals surface area contributed by atoms with Crippen LogP contribution in [0.3, 0.4) is 0 Å². The van der Waals surface area contributed by atoms with Crippen LogP contribution >= 0.6 is 11.3 Å². The average Bonchev–Trinajstić information content (AvgIpc) is 2.54. The molecule has 1 N–H and O–H groups in total. The summed E-state index contributed by atoms with van der Waals surface area (Å²) in [5, 5.41) is 16.5. The third kappa shape index (κ3) is 5.56. The van der Waals surface area contributed by atoms with E-state index in [0.717, 1.165) is 5.00 Å². The Morgan fingerprint density at radius 2 is 2.27 bits per heavy atom. The van der Waals surface area contributed by atoms with Gasteiger partial charge in [0.2, 0.25) is 0 Å². The minimum Gasteiger partial charge on any atom is -0.548 e. The number of nitrogens with one attached hydrogen (secondary N) is 1. The molecule has 0 fully saturated rings. The van der Waals surface area contributed by atoms with Crippen LogP contribution in [-0.2, 0) is 4.79 Å². The smallest absolute Gasteiger partial charge is 0.548 e. The minimum absolute atomic E-state index is 0. The number of carboxylic acids is 1. The maximum Gasteiger partial charge on any atom is 1.00 e. The monoisotopic (exact) mass is 235 g/mol. The first-order valence-corrected chi connectivity index (χ1v) is 5.48. The molecule has 0 spiro atoms. The van der Waals surface area contributed by atoms with E-state index in [2.05, 4.69) is 5.32 Å². The zero-order chi connectivity index (χ0) is 10.6. The average molecular weight is 235 g/mol. The number of anilines is 1. The number of thiophene rings is 1. The van der Waals surface area contributed by atoms with Gasteiger partial charge in [0.15, 0.2) is 0 Å². The van der Waals surface area contributed by atoms with Crippen molar-refractivity contribution in [3.8, 4) is 0 Å². The van der Waals surface area contributed by atoms with Gasteiger partial charge in [-0.05, 0) is 29.9 Å². The first-order valence-electron chi connectivity index (χ1n) is 4.60. The van der Waals surface area contributed by atoms with E-state index in [0.29, 0.717) is 12.3 Å². The van der Waals surface area contributed by atoms with Crippen molar-refractivity contribution in [2.75, 3.05) is 5.32 Å². The molecule has 78 valence electrons. The molecule has 0 saturated heterocycles. The quantitative estimate of drug-likeness (QED) is 0.621. The van der Waals surface area contributed by atoms with Crippen LogP contribution in [-0.4, -0.2) is 12.0 Å². The molecule has 1 aromatic rings. The van der Waals surface area contributed by atoms with Gasteiger partial charge in [0.1, 0.15) is 0 Å². The summed E-state index contributed by atoms with van der Waals surface area (Å²) >= 11 is 1.49. The molecule has 1 rings (SSSR count). The van der Waals surface area contributed by atoms with Crippen LogP contribution in [0.15, 0.2) is 17.5 Å². The Kier molecular flexibility index (Phi) is 7.26. The van der Waals surface area contributed by atoms with Crippen molar-refractivity contribution < 1.29 is 39.5 Å². The molecule has 15 heavy (non-hydrogen) atoms. The Bertz CT molecular complexity index is 288. The number of hydrogen-bond acceptors (Lipinski definition) is 4. The fraction of sp³-hybridized carbons (Fsp3) is 0.500. The van der Waals surface area contributed by atoms with Crippen molar-refractivity contribution in [3.05, 3.63) is 17.5 Å². The first kappa shape index (κ1) is 15.0. The molecule has 0 aliphatic carbocycles. The van der Waals surface area contributed by atoms with E-state index >= 15 is 0 Å². The molecular weight excluding hydrogens is 221 g/mol. The van der Waals surface area contributed by atoms with Crippen molar-refractivity contribution in [1.29, 1.82) is 0 Å². The van der Waals surface area contributed by atoms with Crippen molar-refractivity contribution in [2.45, 2.75) is 26.3 Å². The summed E-state index contributed by atoms with van der Waals surface area (Å²) in [6, 6.07) is 3.16. The molecule has 1 atom stereocenters. The van der Waals surface area contributed by atoms with Crippen LogP contribution in [0.4, 0.5) is 5.00 Å². The third-order valence-corrected chi connectivity index (χ3v) is 2.63. The summed E-state index contributed by atoms with van der Waals surface area (Å²) in [4.78, 5) is 10.8. The largest absolute Gasteiger partial charge is 1.00 e. The molecule has 0 saturated carbocycles. The number of carboxylic acid groups (broad SMARTS) is 1. The number of carbonyl (C=O) groups excluding carboxylic acids is 1. The fourth-order valence-electron chi connectivity index (χ4n) is 1.22. The van der Waals surface area contributed by atoms with Crippen LogP contribution in [0.25, 0.3) is 0 Å². The SMILES string of the molecule is CC(C)C[C@H](Nc1cccs1)C(=O)[O-].[Na+]. The second-order valence-corrected chi connectivity index (χ2v) is 4.57. The van der Waals surface area contributed by atoms with E-state index in [1.165, 1.54) is 11.3 Å². The molecular formula is C10H14NNaO2S. The van der Waals surface area contributed by atoms with E-state index in [-0.39, 0.29) is 29.6 Å². The van der Waals surface area contributed by atoms with E-state index in [4.69, 9.17) is 0 Å². The number of rotatable bonds is 5. The van der Waals surface area contributed by atoms with Crippen LogP contribution in [0, 0.1) is 5.92 Å². The maximum atomic E-state index is 10.8. The molecule has 0 radical (unpaired) electrons. The Balaban J connectivity index is 0.00000196. The van der Waals surface area contributed by atoms with Gasteiger partial charge in [-0.2, -0.15) is 0 Å². The second-order valence-electron chi connectivity index (χ2n) is 3.62. The van der Waals surface area contributed by atoms with Crippen LogP contribution < -0.4 is 40.0 Å². The molecule has 0 amide bonds.